The van der Waals surface area contributed by atoms with Gasteiger partial charge in [0.1, 0.15) is 6.29 Å². The standard InChI is InChI=1S/C7H14N2O2/c1-6(5-10)9(2)7(11)3-4-8/h5-6H,3-4,8H2,1-2H3/t6-/m0/s1. The van der Waals surface area contributed by atoms with Gasteiger partial charge in [-0.25, -0.2) is 0 Å². The average Bonchev–Trinajstić information content (AvgIpc) is 2.02. The summed E-state index contributed by atoms with van der Waals surface area (Å²) in [4.78, 5) is 22.6. The largest absolute Gasteiger partial charge is 0.336 e. The van der Waals surface area contributed by atoms with Crippen LogP contribution in [0.15, 0.2) is 0 Å². The molecule has 11 heavy (non-hydrogen) atoms. The second-order valence-corrected chi connectivity index (χ2v) is 2.42. The van der Waals surface area contributed by atoms with Gasteiger partial charge in [-0.3, -0.25) is 4.79 Å². The highest BCUT2D eigenvalue weighted by molar-refractivity contribution is 5.79. The molecular formula is C7H14N2O2. The molecule has 0 unspecified atom stereocenters. The minimum absolute atomic E-state index is 0.0906. The van der Waals surface area contributed by atoms with Crippen LogP contribution < -0.4 is 5.73 Å². The zero-order chi connectivity index (χ0) is 8.85. The maximum absolute atomic E-state index is 11.0. The van der Waals surface area contributed by atoms with Gasteiger partial charge in [0.2, 0.25) is 5.91 Å². The van der Waals surface area contributed by atoms with Gasteiger partial charge < -0.3 is 15.4 Å². The van der Waals surface area contributed by atoms with Crippen LogP contribution in [0.25, 0.3) is 0 Å². The van der Waals surface area contributed by atoms with Crippen molar-refractivity contribution in [3.05, 3.63) is 0 Å². The van der Waals surface area contributed by atoms with Crippen molar-refractivity contribution >= 4 is 12.2 Å². The molecule has 0 aliphatic rings. The molecule has 0 heterocycles. The molecule has 0 saturated heterocycles. The summed E-state index contributed by atoms with van der Waals surface area (Å²) in [5.41, 5.74) is 5.17. The van der Waals surface area contributed by atoms with Crippen LogP contribution in [0.3, 0.4) is 0 Å². The number of hydrogen-bond acceptors (Lipinski definition) is 3. The highest BCUT2D eigenvalue weighted by Gasteiger charge is 2.12. The Morgan fingerprint density at radius 3 is 2.64 bits per heavy atom. The first-order chi connectivity index (χ1) is 5.13. The van der Waals surface area contributed by atoms with E-state index >= 15 is 0 Å². The van der Waals surface area contributed by atoms with Crippen LogP contribution >= 0.6 is 0 Å². The molecule has 2 N–H and O–H groups in total. The smallest absolute Gasteiger partial charge is 0.224 e. The van der Waals surface area contributed by atoms with Crippen LogP contribution in [0.4, 0.5) is 0 Å². The lowest BCUT2D eigenvalue weighted by Gasteiger charge is -2.19. The second kappa shape index (κ2) is 4.85. The fourth-order valence-corrected chi connectivity index (χ4v) is 0.618. The molecule has 0 aromatic heterocycles. The van der Waals surface area contributed by atoms with Gasteiger partial charge in [0.25, 0.3) is 0 Å². The van der Waals surface area contributed by atoms with Crippen LogP contribution in [0.2, 0.25) is 0 Å². The van der Waals surface area contributed by atoms with Crippen LogP contribution in [-0.2, 0) is 9.59 Å². The van der Waals surface area contributed by atoms with Gasteiger partial charge in [0.15, 0.2) is 0 Å². The topological polar surface area (TPSA) is 63.4 Å². The molecule has 0 aromatic carbocycles. The van der Waals surface area contributed by atoms with Crippen molar-refractivity contribution in [2.24, 2.45) is 5.73 Å². The number of nitrogens with two attached hydrogens (primary N) is 1. The molecule has 0 bridgehead atoms. The van der Waals surface area contributed by atoms with Gasteiger partial charge in [-0.2, -0.15) is 0 Å². The summed E-state index contributed by atoms with van der Waals surface area (Å²) in [6, 6.07) is -0.353. The fraction of sp³-hybridized carbons (Fsp3) is 0.714. The van der Waals surface area contributed by atoms with E-state index in [0.717, 1.165) is 6.29 Å². The fourth-order valence-electron chi connectivity index (χ4n) is 0.618. The molecule has 1 amide bonds. The van der Waals surface area contributed by atoms with E-state index < -0.39 is 0 Å². The zero-order valence-electron chi connectivity index (χ0n) is 6.91. The van der Waals surface area contributed by atoms with Crippen LogP contribution in [0, 0.1) is 0 Å². The number of carbonyl (C=O) groups excluding carboxylic acids is 2. The van der Waals surface area contributed by atoms with E-state index in [2.05, 4.69) is 0 Å². The molecule has 0 rings (SSSR count). The van der Waals surface area contributed by atoms with Crippen molar-refractivity contribution in [1.29, 1.82) is 0 Å². The van der Waals surface area contributed by atoms with E-state index in [0.29, 0.717) is 13.0 Å². The number of nitrogens with zero attached hydrogens (tertiary/aromatic N) is 1. The summed E-state index contributed by atoms with van der Waals surface area (Å²) in [5.74, 6) is -0.0906. The molecule has 4 heteroatoms. The molecule has 1 atom stereocenters. The second-order valence-electron chi connectivity index (χ2n) is 2.42. The molecule has 0 radical (unpaired) electrons. The number of likely N-dealkylation sites (N-methyl/N-ethyl adjacent to an activating group) is 1. The number of carbonyl (C=O) groups is 2. The molecule has 0 aliphatic heterocycles. The number of hydrogen-bond donors (Lipinski definition) is 1. The van der Waals surface area contributed by atoms with Crippen molar-refractivity contribution in [3.8, 4) is 0 Å². The Labute approximate surface area is 66.4 Å². The maximum atomic E-state index is 11.0. The van der Waals surface area contributed by atoms with Gasteiger partial charge in [-0.1, -0.05) is 0 Å². The average molecular weight is 158 g/mol. The van der Waals surface area contributed by atoms with E-state index in [1.165, 1.54) is 4.90 Å². The Morgan fingerprint density at radius 2 is 2.27 bits per heavy atom. The van der Waals surface area contributed by atoms with E-state index in [1.807, 2.05) is 0 Å². The third-order valence-electron chi connectivity index (χ3n) is 1.56. The third kappa shape index (κ3) is 3.13. The van der Waals surface area contributed by atoms with Gasteiger partial charge >= 0.3 is 0 Å². The quantitative estimate of drug-likeness (QED) is 0.555. The lowest BCUT2D eigenvalue weighted by atomic mass is 10.3. The Bertz CT molecular complexity index is 147. The highest BCUT2D eigenvalue weighted by atomic mass is 16.2. The normalized spacial score (nSPS) is 12.3. The lowest BCUT2D eigenvalue weighted by molar-refractivity contribution is -0.134. The van der Waals surface area contributed by atoms with Gasteiger partial charge in [0, 0.05) is 20.0 Å². The Hall–Kier alpha value is -0.900. The van der Waals surface area contributed by atoms with Gasteiger partial charge in [-0.15, -0.1) is 0 Å². The monoisotopic (exact) mass is 158 g/mol. The third-order valence-corrected chi connectivity index (χ3v) is 1.56. The molecule has 0 spiro atoms. The van der Waals surface area contributed by atoms with E-state index in [1.54, 1.807) is 14.0 Å². The van der Waals surface area contributed by atoms with Crippen molar-refractivity contribution in [2.45, 2.75) is 19.4 Å². The summed E-state index contributed by atoms with van der Waals surface area (Å²) in [5, 5.41) is 0. The summed E-state index contributed by atoms with van der Waals surface area (Å²) < 4.78 is 0. The number of aldehydes is 1. The maximum Gasteiger partial charge on any atom is 0.224 e. The SMILES string of the molecule is C[C@@H](C=O)N(C)C(=O)CCN. The summed E-state index contributed by atoms with van der Waals surface area (Å²) in [7, 11) is 1.59. The van der Waals surface area contributed by atoms with Crippen LogP contribution in [-0.4, -0.2) is 36.7 Å². The number of amides is 1. The van der Waals surface area contributed by atoms with Gasteiger partial charge in [0.05, 0.1) is 6.04 Å². The van der Waals surface area contributed by atoms with E-state index in [9.17, 15) is 9.59 Å². The molecule has 0 aromatic rings. The predicted octanol–water partition coefficient (Wildman–Crippen LogP) is -0.619. The minimum atomic E-state index is -0.353. The van der Waals surface area contributed by atoms with Crippen molar-refractivity contribution in [3.63, 3.8) is 0 Å². The van der Waals surface area contributed by atoms with Crippen LogP contribution in [0.1, 0.15) is 13.3 Å². The van der Waals surface area contributed by atoms with E-state index in [-0.39, 0.29) is 11.9 Å². The Balaban J connectivity index is 3.90. The number of rotatable bonds is 4. The molecular weight excluding hydrogens is 144 g/mol. The van der Waals surface area contributed by atoms with Crippen LogP contribution in [0.5, 0.6) is 0 Å². The summed E-state index contributed by atoms with van der Waals surface area (Å²) in [6.45, 7) is 2.00. The first-order valence-electron chi connectivity index (χ1n) is 3.54. The first-order valence-corrected chi connectivity index (χ1v) is 3.54. The minimum Gasteiger partial charge on any atom is -0.336 e. The van der Waals surface area contributed by atoms with Crippen molar-refractivity contribution < 1.29 is 9.59 Å². The lowest BCUT2D eigenvalue weighted by Crippen LogP contribution is -2.36. The molecule has 0 saturated carbocycles. The molecule has 4 nitrogen and oxygen atoms in total. The molecule has 0 fully saturated rings. The van der Waals surface area contributed by atoms with Crippen molar-refractivity contribution in [1.82, 2.24) is 4.90 Å². The van der Waals surface area contributed by atoms with Gasteiger partial charge in [-0.05, 0) is 6.92 Å². The first kappa shape index (κ1) is 10.1. The zero-order valence-corrected chi connectivity index (χ0v) is 6.91. The Kier molecular flexibility index (Phi) is 4.45. The Morgan fingerprint density at radius 1 is 1.73 bits per heavy atom. The molecule has 0 aliphatic carbocycles. The summed E-state index contributed by atoms with van der Waals surface area (Å²) in [6.07, 6.45) is 1.03. The predicted molar refractivity (Wildman–Crippen MR) is 42.0 cm³/mol. The highest BCUT2D eigenvalue weighted by Crippen LogP contribution is 1.94. The summed E-state index contributed by atoms with van der Waals surface area (Å²) >= 11 is 0. The molecule has 64 valence electrons. The van der Waals surface area contributed by atoms with E-state index in [4.69, 9.17) is 5.73 Å². The van der Waals surface area contributed by atoms with Crippen molar-refractivity contribution in [2.75, 3.05) is 13.6 Å².